The molecule has 6 heteroatoms. The molecule has 1 heterocycles. The average Bonchev–Trinajstić information content (AvgIpc) is 3.14. The minimum Gasteiger partial charge on any atom is -0.478 e. The van der Waals surface area contributed by atoms with Crippen LogP contribution in [-0.4, -0.2) is 25.4 Å². The highest BCUT2D eigenvalue weighted by atomic mass is 16.4. The Balaban J connectivity index is 1.78. The van der Waals surface area contributed by atoms with Crippen molar-refractivity contribution in [3.63, 3.8) is 0 Å². The quantitative estimate of drug-likeness (QED) is 0.275. The second-order valence-electron chi connectivity index (χ2n) is 8.53. The zero-order valence-electron chi connectivity index (χ0n) is 19.9. The normalized spacial score (nSPS) is 10.8. The largest absolute Gasteiger partial charge is 0.478 e. The molecule has 0 atom stereocenters. The van der Waals surface area contributed by atoms with Crippen LogP contribution in [-0.2, 0) is 19.5 Å². The number of hydrogen-bond donors (Lipinski definition) is 1. The molecule has 1 aromatic heterocycles. The van der Waals surface area contributed by atoms with Crippen molar-refractivity contribution in [1.82, 2.24) is 14.3 Å². The molecule has 0 aliphatic heterocycles. The number of rotatable bonds is 13. The van der Waals surface area contributed by atoms with Gasteiger partial charge in [-0.3, -0.25) is 4.57 Å². The molecule has 0 amide bonds. The SMILES string of the molecule is C#CCCn1nc(CCCCCCCC)n(Cc2ccc(-c3ccccc3C(=O)O)cc2)c1=O. The molecule has 0 spiro atoms. The number of carboxylic acid groups (broad SMARTS) is 1. The lowest BCUT2D eigenvalue weighted by molar-refractivity contribution is 0.0697. The summed E-state index contributed by atoms with van der Waals surface area (Å²) in [4.78, 5) is 24.6. The number of aromatic nitrogens is 3. The maximum absolute atomic E-state index is 13.0. The summed E-state index contributed by atoms with van der Waals surface area (Å²) in [5.74, 6) is 2.41. The van der Waals surface area contributed by atoms with Crippen LogP contribution in [0.3, 0.4) is 0 Å². The zero-order valence-corrected chi connectivity index (χ0v) is 19.9. The van der Waals surface area contributed by atoms with Crippen molar-refractivity contribution in [1.29, 1.82) is 0 Å². The zero-order chi connectivity index (χ0) is 24.3. The Morgan fingerprint density at radius 1 is 1.03 bits per heavy atom. The lowest BCUT2D eigenvalue weighted by Gasteiger charge is -2.09. The molecule has 3 rings (SSSR count). The summed E-state index contributed by atoms with van der Waals surface area (Å²) in [6.45, 7) is 3.04. The molecule has 1 N–H and O–H groups in total. The molecular formula is C28H33N3O3. The molecule has 6 nitrogen and oxygen atoms in total. The molecule has 3 aromatic rings. The average molecular weight is 460 g/mol. The summed E-state index contributed by atoms with van der Waals surface area (Å²) in [6.07, 6.45) is 13.7. The van der Waals surface area contributed by atoms with Gasteiger partial charge in [0.05, 0.1) is 18.7 Å². The van der Waals surface area contributed by atoms with Crippen molar-refractivity contribution in [2.75, 3.05) is 0 Å². The lowest BCUT2D eigenvalue weighted by atomic mass is 9.99. The van der Waals surface area contributed by atoms with E-state index < -0.39 is 5.97 Å². The molecule has 34 heavy (non-hydrogen) atoms. The van der Waals surface area contributed by atoms with E-state index in [4.69, 9.17) is 6.42 Å². The minimum atomic E-state index is -0.954. The second kappa shape index (κ2) is 12.6. The van der Waals surface area contributed by atoms with Gasteiger partial charge in [-0.1, -0.05) is 81.5 Å². The van der Waals surface area contributed by atoms with Crippen LogP contribution in [0.5, 0.6) is 0 Å². The van der Waals surface area contributed by atoms with Crippen molar-refractivity contribution in [2.45, 2.75) is 71.4 Å². The van der Waals surface area contributed by atoms with Crippen LogP contribution in [0.4, 0.5) is 0 Å². The Labute approximate surface area is 201 Å². The van der Waals surface area contributed by atoms with Gasteiger partial charge in [-0.2, -0.15) is 5.10 Å². The number of nitrogens with zero attached hydrogens (tertiary/aromatic N) is 3. The number of benzene rings is 2. The fourth-order valence-electron chi connectivity index (χ4n) is 4.10. The van der Waals surface area contributed by atoms with Crippen LogP contribution in [0.2, 0.25) is 0 Å². The van der Waals surface area contributed by atoms with E-state index in [1.807, 2.05) is 30.3 Å². The van der Waals surface area contributed by atoms with Crippen LogP contribution in [0.15, 0.2) is 53.3 Å². The summed E-state index contributed by atoms with van der Waals surface area (Å²) in [6, 6.07) is 14.6. The predicted molar refractivity (Wildman–Crippen MR) is 135 cm³/mol. The van der Waals surface area contributed by atoms with E-state index in [2.05, 4.69) is 17.9 Å². The van der Waals surface area contributed by atoms with E-state index in [0.29, 0.717) is 25.1 Å². The van der Waals surface area contributed by atoms with Gasteiger partial charge in [0.25, 0.3) is 0 Å². The van der Waals surface area contributed by atoms with Crippen molar-refractivity contribution in [2.24, 2.45) is 0 Å². The molecule has 0 unspecified atom stereocenters. The maximum atomic E-state index is 13.0. The Morgan fingerprint density at radius 2 is 1.74 bits per heavy atom. The van der Waals surface area contributed by atoms with E-state index in [-0.39, 0.29) is 11.3 Å². The molecule has 2 aromatic carbocycles. The van der Waals surface area contributed by atoms with Crippen molar-refractivity contribution < 1.29 is 9.90 Å². The van der Waals surface area contributed by atoms with Gasteiger partial charge in [0.2, 0.25) is 0 Å². The fourth-order valence-corrected chi connectivity index (χ4v) is 4.10. The lowest BCUT2D eigenvalue weighted by Crippen LogP contribution is -2.26. The number of hydrogen-bond acceptors (Lipinski definition) is 3. The van der Waals surface area contributed by atoms with Gasteiger partial charge >= 0.3 is 11.7 Å². The number of carboxylic acids is 1. The summed E-state index contributed by atoms with van der Waals surface area (Å²) >= 11 is 0. The molecule has 0 aliphatic rings. The van der Waals surface area contributed by atoms with E-state index in [9.17, 15) is 14.7 Å². The Morgan fingerprint density at radius 3 is 2.44 bits per heavy atom. The number of aromatic carboxylic acids is 1. The smallest absolute Gasteiger partial charge is 0.346 e. The van der Waals surface area contributed by atoms with Gasteiger partial charge in [-0.15, -0.1) is 12.3 Å². The first-order valence-electron chi connectivity index (χ1n) is 12.1. The van der Waals surface area contributed by atoms with Crippen LogP contribution in [0, 0.1) is 12.3 Å². The molecule has 0 saturated heterocycles. The van der Waals surface area contributed by atoms with E-state index in [0.717, 1.165) is 36.2 Å². The maximum Gasteiger partial charge on any atom is 0.346 e. The molecular weight excluding hydrogens is 426 g/mol. The van der Waals surface area contributed by atoms with Crippen LogP contribution >= 0.6 is 0 Å². The summed E-state index contributed by atoms with van der Waals surface area (Å²) < 4.78 is 3.21. The van der Waals surface area contributed by atoms with Gasteiger partial charge in [-0.05, 0) is 29.2 Å². The van der Waals surface area contributed by atoms with E-state index in [1.54, 1.807) is 22.8 Å². The summed E-state index contributed by atoms with van der Waals surface area (Å²) in [5.41, 5.74) is 2.58. The van der Waals surface area contributed by atoms with Crippen LogP contribution in [0.25, 0.3) is 11.1 Å². The number of carbonyl (C=O) groups is 1. The van der Waals surface area contributed by atoms with Gasteiger partial charge in [0.15, 0.2) is 0 Å². The van der Waals surface area contributed by atoms with Gasteiger partial charge in [-0.25, -0.2) is 14.3 Å². The molecule has 0 saturated carbocycles. The number of terminal acetylenes is 1. The Bertz CT molecular complexity index is 1180. The molecule has 0 aliphatic carbocycles. The van der Waals surface area contributed by atoms with Gasteiger partial charge in [0, 0.05) is 12.8 Å². The summed E-state index contributed by atoms with van der Waals surface area (Å²) in [7, 11) is 0. The highest BCUT2D eigenvalue weighted by Gasteiger charge is 2.14. The Hall–Kier alpha value is -3.59. The standard InChI is InChI=1S/C28H33N3O3/c1-3-5-7-8-9-10-15-26-29-31(20-6-4-2)28(34)30(26)21-22-16-18-23(19-17-22)24-13-11-12-14-25(24)27(32)33/h2,11-14,16-19H,3,5-10,15,20-21H2,1H3,(H,32,33). The van der Waals surface area contributed by atoms with Crippen LogP contribution in [0.1, 0.15) is 73.6 Å². The predicted octanol–water partition coefficient (Wildman–Crippen LogP) is 5.38. The highest BCUT2D eigenvalue weighted by molar-refractivity contribution is 5.95. The Kier molecular flexibility index (Phi) is 9.28. The van der Waals surface area contributed by atoms with Gasteiger partial charge < -0.3 is 5.11 Å². The topological polar surface area (TPSA) is 77.1 Å². The number of unbranched alkanes of at least 4 members (excludes halogenated alkanes) is 5. The molecule has 178 valence electrons. The van der Waals surface area contributed by atoms with Crippen molar-refractivity contribution >= 4 is 5.97 Å². The minimum absolute atomic E-state index is 0.142. The van der Waals surface area contributed by atoms with Crippen LogP contribution < -0.4 is 5.69 Å². The van der Waals surface area contributed by atoms with Gasteiger partial charge in [0.1, 0.15) is 5.82 Å². The third-order valence-corrected chi connectivity index (χ3v) is 5.98. The second-order valence-corrected chi connectivity index (χ2v) is 8.53. The van der Waals surface area contributed by atoms with Crippen molar-refractivity contribution in [3.8, 4) is 23.5 Å². The number of aryl methyl sites for hydroxylation is 2. The first-order valence-corrected chi connectivity index (χ1v) is 12.1. The molecule has 0 radical (unpaired) electrons. The van der Waals surface area contributed by atoms with Crippen molar-refractivity contribution in [3.05, 3.63) is 76.0 Å². The van der Waals surface area contributed by atoms with E-state index in [1.165, 1.54) is 30.4 Å². The molecule has 0 fully saturated rings. The highest BCUT2D eigenvalue weighted by Crippen LogP contribution is 2.24. The third-order valence-electron chi connectivity index (χ3n) is 5.98. The summed E-state index contributed by atoms with van der Waals surface area (Å²) in [5, 5.41) is 14.1. The third kappa shape index (κ3) is 6.48. The van der Waals surface area contributed by atoms with E-state index >= 15 is 0 Å². The fraction of sp³-hybridized carbons (Fsp3) is 0.393. The first-order chi connectivity index (χ1) is 16.5. The first kappa shape index (κ1) is 25.0. The molecule has 0 bridgehead atoms. The monoisotopic (exact) mass is 459 g/mol.